The quantitative estimate of drug-likeness (QED) is 0.0249. The lowest BCUT2D eigenvalue weighted by Gasteiger charge is -2.38. The van der Waals surface area contributed by atoms with E-state index in [4.69, 9.17) is 17.2 Å². The molecule has 1 saturated heterocycles. The summed E-state index contributed by atoms with van der Waals surface area (Å²) in [5.74, 6) is -1.35. The Morgan fingerprint density at radius 3 is 1.81 bits per heavy atom. The van der Waals surface area contributed by atoms with Gasteiger partial charge in [-0.1, -0.05) is 111 Å². The molecule has 4 atom stereocenters. The SMILES string of the molecule is CCCCCCCCCCCCCCCC(=O)NCCCCCC(=O)NCCCC[C@H](NC(=O)[C@@H](N)[C@@H](C)CC)C(=O)N1CCN(c2ccc3ncn(CC(=O)N[C@@H](CCCN=C(N)N)C(C)=O)c(=O)c3c2)CC1. The maximum atomic E-state index is 14.1. The van der Waals surface area contributed by atoms with Gasteiger partial charge in [-0.15, -0.1) is 0 Å². The fourth-order valence-corrected chi connectivity index (χ4v) is 9.17. The molecule has 74 heavy (non-hydrogen) atoms. The maximum absolute atomic E-state index is 14.1. The van der Waals surface area contributed by atoms with Gasteiger partial charge in [0.2, 0.25) is 29.5 Å². The summed E-state index contributed by atoms with van der Waals surface area (Å²) >= 11 is 0. The van der Waals surface area contributed by atoms with Gasteiger partial charge < -0.3 is 48.3 Å². The predicted octanol–water partition coefficient (Wildman–Crippen LogP) is 5.48. The van der Waals surface area contributed by atoms with Crippen LogP contribution in [0.5, 0.6) is 0 Å². The Bertz CT molecular complexity index is 2100. The van der Waals surface area contributed by atoms with Gasteiger partial charge in [-0.25, -0.2) is 4.98 Å². The van der Waals surface area contributed by atoms with Gasteiger partial charge in [-0.3, -0.25) is 43.1 Å². The molecule has 1 aliphatic rings. The van der Waals surface area contributed by atoms with E-state index in [1.54, 1.807) is 17.0 Å². The number of aliphatic imine (C=N–C) groups is 1. The van der Waals surface area contributed by atoms with Crippen molar-refractivity contribution in [3.8, 4) is 0 Å². The number of anilines is 1. The summed E-state index contributed by atoms with van der Waals surface area (Å²) in [6.07, 6.45) is 24.5. The molecule has 1 aromatic heterocycles. The molecule has 0 bridgehead atoms. The smallest absolute Gasteiger partial charge is 0.261 e. The number of nitrogens with zero attached hydrogens (tertiary/aromatic N) is 5. The molecule has 0 spiro atoms. The topological polar surface area (TPSA) is 282 Å². The number of amides is 5. The number of benzene rings is 1. The van der Waals surface area contributed by atoms with E-state index in [-0.39, 0.29) is 47.8 Å². The second kappa shape index (κ2) is 36.4. The first-order valence-corrected chi connectivity index (χ1v) is 28.1. The summed E-state index contributed by atoms with van der Waals surface area (Å²) < 4.78 is 1.21. The fourth-order valence-electron chi connectivity index (χ4n) is 9.17. The van der Waals surface area contributed by atoms with Gasteiger partial charge in [0, 0.05) is 64.3 Å². The largest absolute Gasteiger partial charge is 0.370 e. The van der Waals surface area contributed by atoms with E-state index in [9.17, 15) is 33.6 Å². The van der Waals surface area contributed by atoms with E-state index in [0.29, 0.717) is 108 Å². The highest BCUT2D eigenvalue weighted by molar-refractivity contribution is 5.90. The number of rotatable bonds is 39. The van der Waals surface area contributed by atoms with Crippen LogP contribution in [0.3, 0.4) is 0 Å². The average molecular weight is 1040 g/mol. The summed E-state index contributed by atoms with van der Waals surface area (Å²) in [5.41, 5.74) is 17.8. The Morgan fingerprint density at radius 1 is 0.689 bits per heavy atom. The van der Waals surface area contributed by atoms with Crippen LogP contribution in [0, 0.1) is 5.92 Å². The van der Waals surface area contributed by atoms with E-state index >= 15 is 0 Å². The molecule has 19 nitrogen and oxygen atoms in total. The standard InChI is InChI=1S/C55H94N12O7/c1-5-7-8-9-10-11-12-13-14-15-16-17-19-27-48(69)59-31-22-18-20-28-49(70)60-32-23-21-25-47(64-52(72)51(56)41(3)6-2)54(74)66-36-34-65(35-37-66)43-29-30-46-44(38-43)53(73)67(40-62-46)39-50(71)63-45(42(4)68)26-24-33-61-55(57)58/h29-30,38,40-41,45,47,51H,5-28,31-37,39,56H2,1-4H3,(H,59,69)(H,60,70)(H,63,71)(H,64,72)(H4,57,58,61)/t41-,45-,47-,51-/m0/s1. The van der Waals surface area contributed by atoms with Crippen molar-refractivity contribution in [3.05, 3.63) is 34.9 Å². The second-order valence-electron chi connectivity index (χ2n) is 20.3. The zero-order valence-electron chi connectivity index (χ0n) is 45.6. The van der Waals surface area contributed by atoms with Gasteiger partial charge in [0.15, 0.2) is 11.7 Å². The lowest BCUT2D eigenvalue weighted by molar-refractivity contribution is -0.137. The van der Waals surface area contributed by atoms with Crippen molar-refractivity contribution < 1.29 is 28.8 Å². The van der Waals surface area contributed by atoms with Gasteiger partial charge in [0.25, 0.3) is 5.56 Å². The van der Waals surface area contributed by atoms with Gasteiger partial charge in [0.05, 0.1) is 29.3 Å². The first-order valence-electron chi connectivity index (χ1n) is 28.1. The molecule has 0 saturated carbocycles. The van der Waals surface area contributed by atoms with Crippen LogP contribution in [0.1, 0.15) is 182 Å². The molecule has 0 aliphatic carbocycles. The number of piperazine rings is 1. The number of fused-ring (bicyclic) bond motifs is 1. The third-order valence-corrected chi connectivity index (χ3v) is 14.2. The summed E-state index contributed by atoms with van der Waals surface area (Å²) in [7, 11) is 0. The van der Waals surface area contributed by atoms with Crippen molar-refractivity contribution in [3.63, 3.8) is 0 Å². The normalized spacial score (nSPS) is 14.2. The van der Waals surface area contributed by atoms with Crippen LogP contribution >= 0.6 is 0 Å². The van der Waals surface area contributed by atoms with E-state index < -0.39 is 29.6 Å². The van der Waals surface area contributed by atoms with Crippen LogP contribution in [0.25, 0.3) is 10.9 Å². The predicted molar refractivity (Wildman–Crippen MR) is 295 cm³/mol. The molecule has 1 fully saturated rings. The van der Waals surface area contributed by atoms with Crippen LogP contribution in [-0.2, 0) is 35.3 Å². The van der Waals surface area contributed by atoms with Crippen molar-refractivity contribution in [1.29, 1.82) is 0 Å². The molecule has 0 radical (unpaired) electrons. The molecule has 5 amide bonds. The zero-order chi connectivity index (χ0) is 54.1. The van der Waals surface area contributed by atoms with Crippen molar-refractivity contribution >= 4 is 57.9 Å². The number of nitrogens with one attached hydrogen (secondary N) is 4. The number of unbranched alkanes of at least 4 members (excludes halogenated alkanes) is 15. The zero-order valence-corrected chi connectivity index (χ0v) is 45.6. The van der Waals surface area contributed by atoms with Gasteiger partial charge in [-0.05, 0) is 82.4 Å². The molecule has 2 heterocycles. The van der Waals surface area contributed by atoms with Crippen LogP contribution in [0.4, 0.5) is 5.69 Å². The lowest BCUT2D eigenvalue weighted by Crippen LogP contribution is -2.57. The summed E-state index contributed by atoms with van der Waals surface area (Å²) in [6, 6.07) is 3.05. The first-order chi connectivity index (χ1) is 35.6. The number of guanidine groups is 1. The molecule has 0 unspecified atom stereocenters. The monoisotopic (exact) mass is 1030 g/mol. The molecular weight excluding hydrogens is 941 g/mol. The summed E-state index contributed by atoms with van der Waals surface area (Å²) in [6.45, 7) is 10.3. The van der Waals surface area contributed by atoms with Crippen molar-refractivity contribution in [2.75, 3.05) is 50.7 Å². The van der Waals surface area contributed by atoms with E-state index in [0.717, 1.165) is 37.8 Å². The van der Waals surface area contributed by atoms with Gasteiger partial charge in [-0.2, -0.15) is 0 Å². The van der Waals surface area contributed by atoms with Crippen molar-refractivity contribution in [1.82, 2.24) is 35.7 Å². The van der Waals surface area contributed by atoms with Crippen molar-refractivity contribution in [2.45, 2.75) is 206 Å². The number of hydrogen-bond donors (Lipinski definition) is 7. The Kier molecular flexibility index (Phi) is 30.8. The first kappa shape index (κ1) is 62.7. The van der Waals surface area contributed by atoms with Crippen LogP contribution in [0.15, 0.2) is 34.3 Å². The molecule has 1 aliphatic heterocycles. The molecule has 416 valence electrons. The number of carbonyl (C=O) groups is 6. The molecule has 10 N–H and O–H groups in total. The Hall–Kier alpha value is -5.59. The van der Waals surface area contributed by atoms with Gasteiger partial charge >= 0.3 is 0 Å². The average Bonchev–Trinajstić information content (AvgIpc) is 3.38. The minimum Gasteiger partial charge on any atom is -0.370 e. The fraction of sp³-hybridized carbons (Fsp3) is 0.727. The Labute approximate surface area is 441 Å². The minimum absolute atomic E-state index is 0.0288. The summed E-state index contributed by atoms with van der Waals surface area (Å²) in [4.78, 5) is 103. The van der Waals surface area contributed by atoms with E-state index in [2.05, 4.69) is 43.1 Å². The third kappa shape index (κ3) is 24.6. The van der Waals surface area contributed by atoms with E-state index in [1.165, 1.54) is 88.4 Å². The highest BCUT2D eigenvalue weighted by Gasteiger charge is 2.31. The van der Waals surface area contributed by atoms with Crippen LogP contribution in [0.2, 0.25) is 0 Å². The number of carbonyl (C=O) groups excluding carboxylic acids is 6. The Balaban J connectivity index is 1.39. The Morgan fingerprint density at radius 2 is 1.24 bits per heavy atom. The number of aromatic nitrogens is 2. The van der Waals surface area contributed by atoms with Crippen LogP contribution in [-0.4, -0.2) is 120 Å². The lowest BCUT2D eigenvalue weighted by atomic mass is 9.98. The van der Waals surface area contributed by atoms with Crippen LogP contribution < -0.4 is 48.9 Å². The van der Waals surface area contributed by atoms with Crippen molar-refractivity contribution in [2.24, 2.45) is 28.1 Å². The molecular formula is C55H94N12O7. The number of nitrogens with two attached hydrogens (primary N) is 3. The molecule has 1 aromatic carbocycles. The highest BCUT2D eigenvalue weighted by atomic mass is 16.2. The second-order valence-corrected chi connectivity index (χ2v) is 20.3. The third-order valence-electron chi connectivity index (χ3n) is 14.2. The maximum Gasteiger partial charge on any atom is 0.261 e. The molecule has 19 heteroatoms. The minimum atomic E-state index is -0.785. The number of ketones is 1. The number of Topliss-reactive ketones (excluding diaryl/α,β-unsaturated/α-hetero) is 1. The molecule has 2 aromatic rings. The molecule has 3 rings (SSSR count). The van der Waals surface area contributed by atoms with E-state index in [1.807, 2.05) is 19.9 Å². The summed E-state index contributed by atoms with van der Waals surface area (Å²) in [5, 5.41) is 12.0. The van der Waals surface area contributed by atoms with Gasteiger partial charge in [0.1, 0.15) is 12.6 Å². The number of hydrogen-bond acceptors (Lipinski definition) is 11. The highest BCUT2D eigenvalue weighted by Crippen LogP contribution is 2.22.